The van der Waals surface area contributed by atoms with Crippen molar-refractivity contribution >= 4 is 0 Å². The van der Waals surface area contributed by atoms with E-state index in [1.54, 1.807) is 0 Å². The van der Waals surface area contributed by atoms with Crippen LogP contribution in [0.5, 0.6) is 0 Å². The average molecular weight is 196 g/mol. The Morgan fingerprint density at radius 2 is 1.79 bits per heavy atom. The predicted octanol–water partition coefficient (Wildman–Crippen LogP) is 1.99. The Labute approximate surface area is 87.8 Å². The fraction of sp³-hybridized carbons (Fsp3) is 1.00. The molecular weight excluding hydrogens is 172 g/mol. The molecule has 0 aromatic rings. The van der Waals surface area contributed by atoms with Crippen molar-refractivity contribution in [2.45, 2.75) is 57.0 Å². The maximum absolute atomic E-state index is 6.25. The van der Waals surface area contributed by atoms with Crippen molar-refractivity contribution in [2.24, 2.45) is 11.7 Å². The van der Waals surface area contributed by atoms with Crippen LogP contribution in [0.3, 0.4) is 0 Å². The van der Waals surface area contributed by atoms with Crippen molar-refractivity contribution in [2.75, 3.05) is 13.6 Å². The third-order valence-corrected chi connectivity index (χ3v) is 4.20. The van der Waals surface area contributed by atoms with Gasteiger partial charge in [0.2, 0.25) is 0 Å². The lowest BCUT2D eigenvalue weighted by atomic mass is 9.90. The highest BCUT2D eigenvalue weighted by atomic mass is 15.1. The molecule has 1 unspecified atom stereocenters. The van der Waals surface area contributed by atoms with Crippen LogP contribution in [0, 0.1) is 5.92 Å². The minimum atomic E-state index is 0.433. The van der Waals surface area contributed by atoms with Gasteiger partial charge in [0.15, 0.2) is 0 Å². The van der Waals surface area contributed by atoms with Gasteiger partial charge >= 0.3 is 0 Å². The van der Waals surface area contributed by atoms with Crippen molar-refractivity contribution in [3.8, 4) is 0 Å². The molecule has 1 atom stereocenters. The second kappa shape index (κ2) is 4.63. The summed E-state index contributed by atoms with van der Waals surface area (Å²) < 4.78 is 0. The molecule has 2 saturated carbocycles. The van der Waals surface area contributed by atoms with Gasteiger partial charge in [-0.3, -0.25) is 0 Å². The van der Waals surface area contributed by atoms with E-state index < -0.39 is 0 Å². The Balaban J connectivity index is 1.72. The van der Waals surface area contributed by atoms with Gasteiger partial charge in [-0.25, -0.2) is 0 Å². The number of nitrogens with two attached hydrogens (primary N) is 1. The highest BCUT2D eigenvalue weighted by Crippen LogP contribution is 2.29. The van der Waals surface area contributed by atoms with E-state index in [1.807, 2.05) is 0 Å². The summed E-state index contributed by atoms with van der Waals surface area (Å²) in [7, 11) is 2.25. The molecule has 2 N–H and O–H groups in total. The third kappa shape index (κ3) is 2.29. The maximum atomic E-state index is 6.25. The number of likely N-dealkylation sites (N-methyl/N-ethyl adjacent to an activating group) is 1. The summed E-state index contributed by atoms with van der Waals surface area (Å²) in [6, 6.07) is 1.28. The van der Waals surface area contributed by atoms with Gasteiger partial charge in [0.25, 0.3) is 0 Å². The molecule has 0 amide bonds. The smallest absolute Gasteiger partial charge is 0.0196 e. The highest BCUT2D eigenvalue weighted by Gasteiger charge is 2.27. The van der Waals surface area contributed by atoms with Crippen LogP contribution < -0.4 is 5.73 Å². The molecule has 2 heteroatoms. The van der Waals surface area contributed by atoms with Crippen LogP contribution >= 0.6 is 0 Å². The minimum absolute atomic E-state index is 0.433. The molecule has 2 rings (SSSR count). The summed E-state index contributed by atoms with van der Waals surface area (Å²) in [6.45, 7) is 1.12. The van der Waals surface area contributed by atoms with Crippen LogP contribution in [0.4, 0.5) is 0 Å². The summed E-state index contributed by atoms with van der Waals surface area (Å²) in [6.07, 6.45) is 9.78. The molecule has 2 nitrogen and oxygen atoms in total. The summed E-state index contributed by atoms with van der Waals surface area (Å²) in [5, 5.41) is 0. The summed E-state index contributed by atoms with van der Waals surface area (Å²) in [5.74, 6) is 0.817. The topological polar surface area (TPSA) is 29.3 Å². The van der Waals surface area contributed by atoms with Gasteiger partial charge in [-0.15, -0.1) is 0 Å². The molecule has 0 aliphatic heterocycles. The first-order valence-electron chi connectivity index (χ1n) is 6.23. The van der Waals surface area contributed by atoms with Crippen molar-refractivity contribution < 1.29 is 0 Å². The van der Waals surface area contributed by atoms with E-state index in [2.05, 4.69) is 11.9 Å². The van der Waals surface area contributed by atoms with Crippen molar-refractivity contribution in [1.29, 1.82) is 0 Å². The predicted molar refractivity (Wildman–Crippen MR) is 60.2 cm³/mol. The number of rotatable bonds is 4. The van der Waals surface area contributed by atoms with E-state index in [-0.39, 0.29) is 0 Å². The Morgan fingerprint density at radius 3 is 2.29 bits per heavy atom. The van der Waals surface area contributed by atoms with E-state index in [4.69, 9.17) is 5.73 Å². The summed E-state index contributed by atoms with van der Waals surface area (Å²) in [5.41, 5.74) is 6.25. The molecule has 2 fully saturated rings. The van der Waals surface area contributed by atoms with Crippen LogP contribution in [0.15, 0.2) is 0 Å². The summed E-state index contributed by atoms with van der Waals surface area (Å²) >= 11 is 0. The fourth-order valence-electron chi connectivity index (χ4n) is 2.84. The van der Waals surface area contributed by atoms with Crippen LogP contribution in [0.2, 0.25) is 0 Å². The monoisotopic (exact) mass is 196 g/mol. The van der Waals surface area contributed by atoms with Crippen molar-refractivity contribution in [3.05, 3.63) is 0 Å². The largest absolute Gasteiger partial charge is 0.326 e. The average Bonchev–Trinajstić information content (AvgIpc) is 2.51. The van der Waals surface area contributed by atoms with E-state index in [0.717, 1.165) is 18.5 Å². The van der Waals surface area contributed by atoms with Crippen molar-refractivity contribution in [1.82, 2.24) is 4.90 Å². The fourth-order valence-corrected chi connectivity index (χ4v) is 2.84. The van der Waals surface area contributed by atoms with Crippen LogP contribution in [-0.2, 0) is 0 Å². The third-order valence-electron chi connectivity index (χ3n) is 4.20. The molecule has 0 spiro atoms. The zero-order chi connectivity index (χ0) is 9.97. The van der Waals surface area contributed by atoms with Crippen LogP contribution in [0.1, 0.15) is 44.9 Å². The van der Waals surface area contributed by atoms with Gasteiger partial charge in [-0.2, -0.15) is 0 Å². The summed E-state index contributed by atoms with van der Waals surface area (Å²) in [4.78, 5) is 2.49. The van der Waals surface area contributed by atoms with Gasteiger partial charge in [0.05, 0.1) is 0 Å². The minimum Gasteiger partial charge on any atom is -0.326 e. The van der Waals surface area contributed by atoms with Gasteiger partial charge in [-0.1, -0.05) is 19.3 Å². The van der Waals surface area contributed by atoms with E-state index >= 15 is 0 Å². The lowest BCUT2D eigenvalue weighted by molar-refractivity contribution is 0.141. The first-order chi connectivity index (χ1) is 6.77. The molecule has 0 bridgehead atoms. The molecule has 82 valence electrons. The van der Waals surface area contributed by atoms with Crippen LogP contribution in [-0.4, -0.2) is 30.6 Å². The lowest BCUT2D eigenvalue weighted by Crippen LogP contribution is -2.46. The maximum Gasteiger partial charge on any atom is 0.0196 e. The second-order valence-electron chi connectivity index (χ2n) is 5.23. The molecule has 0 saturated heterocycles. The van der Waals surface area contributed by atoms with Crippen LogP contribution in [0.25, 0.3) is 0 Å². The standard InChI is InChI=1S/C12H24N2/c1-14(11-7-4-8-11)9-12(13)10-5-2-3-6-10/h10-12H,2-9,13H2,1H3. The molecule has 0 radical (unpaired) electrons. The Hall–Kier alpha value is -0.0800. The lowest BCUT2D eigenvalue weighted by Gasteiger charge is -2.37. The molecule has 0 aromatic heterocycles. The Bertz CT molecular complexity index is 171. The molecule has 14 heavy (non-hydrogen) atoms. The molecule has 2 aliphatic carbocycles. The first-order valence-corrected chi connectivity index (χ1v) is 6.23. The van der Waals surface area contributed by atoms with E-state index in [9.17, 15) is 0 Å². The quantitative estimate of drug-likeness (QED) is 0.745. The SMILES string of the molecule is CN(CC(N)C1CCCC1)C1CCC1. The normalized spacial score (nSPS) is 26.8. The van der Waals surface area contributed by atoms with E-state index in [1.165, 1.54) is 44.9 Å². The number of hydrogen-bond donors (Lipinski definition) is 1. The number of hydrogen-bond acceptors (Lipinski definition) is 2. The Morgan fingerprint density at radius 1 is 1.14 bits per heavy atom. The zero-order valence-electron chi connectivity index (χ0n) is 9.41. The first kappa shape index (κ1) is 10.4. The van der Waals surface area contributed by atoms with Gasteiger partial charge < -0.3 is 10.6 Å². The second-order valence-corrected chi connectivity index (χ2v) is 5.23. The van der Waals surface area contributed by atoms with E-state index in [0.29, 0.717) is 6.04 Å². The highest BCUT2D eigenvalue weighted by molar-refractivity contribution is 4.84. The van der Waals surface area contributed by atoms with Gasteiger partial charge in [0, 0.05) is 18.6 Å². The number of nitrogens with zero attached hydrogens (tertiary/aromatic N) is 1. The zero-order valence-corrected chi connectivity index (χ0v) is 9.41. The van der Waals surface area contributed by atoms with Gasteiger partial charge in [-0.05, 0) is 38.6 Å². The van der Waals surface area contributed by atoms with Gasteiger partial charge in [0.1, 0.15) is 0 Å². The Kier molecular flexibility index (Phi) is 3.45. The molecule has 0 heterocycles. The molecule has 2 aliphatic rings. The van der Waals surface area contributed by atoms with Crippen molar-refractivity contribution in [3.63, 3.8) is 0 Å². The molecular formula is C12H24N2. The molecule has 0 aromatic carbocycles.